The zero-order chi connectivity index (χ0) is 14.7. The van der Waals surface area contributed by atoms with Gasteiger partial charge in [-0.25, -0.2) is 4.79 Å². The lowest BCUT2D eigenvalue weighted by Crippen LogP contribution is -2.35. The molecule has 1 amide bonds. The van der Waals surface area contributed by atoms with Crippen molar-refractivity contribution in [2.24, 2.45) is 0 Å². The topological polar surface area (TPSA) is 53.3 Å². The summed E-state index contributed by atoms with van der Waals surface area (Å²) >= 11 is 1.36. The molecule has 1 atom stereocenters. The summed E-state index contributed by atoms with van der Waals surface area (Å²) in [6, 6.07) is 19.1. The monoisotopic (exact) mass is 296 g/mol. The van der Waals surface area contributed by atoms with Crippen molar-refractivity contribution in [3.8, 4) is 6.07 Å². The van der Waals surface area contributed by atoms with E-state index in [1.807, 2.05) is 54.6 Å². The molecule has 0 radical (unpaired) electrons. The first kappa shape index (κ1) is 13.5. The number of nitriles is 1. The van der Waals surface area contributed by atoms with Crippen molar-refractivity contribution in [1.82, 2.24) is 0 Å². The zero-order valence-electron chi connectivity index (χ0n) is 11.1. The molecule has 1 aliphatic rings. The van der Waals surface area contributed by atoms with E-state index in [1.165, 1.54) is 16.7 Å². The molecule has 1 heterocycles. The number of amides is 1. The summed E-state index contributed by atoms with van der Waals surface area (Å²) in [6.45, 7) is 0.196. The number of thioether (sulfide) groups is 1. The smallest absolute Gasteiger partial charge is 0.416 e. The van der Waals surface area contributed by atoms with Crippen molar-refractivity contribution in [1.29, 1.82) is 5.26 Å². The highest BCUT2D eigenvalue weighted by atomic mass is 32.2. The normalized spacial score (nSPS) is 16.1. The third kappa shape index (κ3) is 2.71. The largest absolute Gasteiger partial charge is 0.444 e. The number of fused-ring (bicyclic) bond motifs is 1. The molecule has 0 aromatic heterocycles. The van der Waals surface area contributed by atoms with Crippen molar-refractivity contribution in [3.05, 3.63) is 60.2 Å². The van der Waals surface area contributed by atoms with Crippen LogP contribution in [0.25, 0.3) is 0 Å². The first-order valence-electron chi connectivity index (χ1n) is 6.45. The van der Waals surface area contributed by atoms with Gasteiger partial charge >= 0.3 is 6.09 Å². The van der Waals surface area contributed by atoms with Crippen LogP contribution in [0.4, 0.5) is 10.5 Å². The van der Waals surface area contributed by atoms with E-state index in [1.54, 1.807) is 0 Å². The van der Waals surface area contributed by atoms with E-state index in [4.69, 9.17) is 4.74 Å². The standard InChI is InChI=1S/C16H12N2O2S/c17-10-15-18(13-8-4-5-9-14(13)21-15)16(19)20-11-12-6-2-1-3-7-12/h1-9,15H,11H2/t15-/m0/s1. The molecule has 0 unspecified atom stereocenters. The highest BCUT2D eigenvalue weighted by molar-refractivity contribution is 8.00. The van der Waals surface area contributed by atoms with Crippen LogP contribution in [0.1, 0.15) is 5.56 Å². The van der Waals surface area contributed by atoms with Crippen molar-refractivity contribution in [2.75, 3.05) is 4.90 Å². The predicted molar refractivity (Wildman–Crippen MR) is 80.8 cm³/mol. The molecule has 0 spiro atoms. The number of hydrogen-bond acceptors (Lipinski definition) is 4. The average Bonchev–Trinajstić information content (AvgIpc) is 2.92. The summed E-state index contributed by atoms with van der Waals surface area (Å²) in [5, 5.41) is 8.64. The van der Waals surface area contributed by atoms with E-state index in [0.717, 1.165) is 16.1 Å². The van der Waals surface area contributed by atoms with Gasteiger partial charge in [0.15, 0.2) is 5.37 Å². The van der Waals surface area contributed by atoms with Crippen LogP contribution >= 0.6 is 11.8 Å². The zero-order valence-corrected chi connectivity index (χ0v) is 11.9. The molecule has 21 heavy (non-hydrogen) atoms. The number of benzene rings is 2. The van der Waals surface area contributed by atoms with Gasteiger partial charge in [-0.05, 0) is 17.7 Å². The highest BCUT2D eigenvalue weighted by Crippen LogP contribution is 2.43. The van der Waals surface area contributed by atoms with Crippen LogP contribution < -0.4 is 4.90 Å². The number of nitrogens with zero attached hydrogens (tertiary/aromatic N) is 2. The molecule has 3 rings (SSSR count). The van der Waals surface area contributed by atoms with Gasteiger partial charge in [-0.2, -0.15) is 5.26 Å². The van der Waals surface area contributed by atoms with Crippen LogP contribution in [0.3, 0.4) is 0 Å². The highest BCUT2D eigenvalue weighted by Gasteiger charge is 2.35. The van der Waals surface area contributed by atoms with Gasteiger partial charge in [-0.1, -0.05) is 54.2 Å². The van der Waals surface area contributed by atoms with Gasteiger partial charge in [0.2, 0.25) is 0 Å². The maximum Gasteiger partial charge on any atom is 0.416 e. The van der Waals surface area contributed by atoms with E-state index in [2.05, 4.69) is 6.07 Å². The van der Waals surface area contributed by atoms with Crippen LogP contribution in [0.15, 0.2) is 59.5 Å². The van der Waals surface area contributed by atoms with Gasteiger partial charge in [-0.15, -0.1) is 0 Å². The second-order valence-corrected chi connectivity index (χ2v) is 5.60. The van der Waals surface area contributed by atoms with E-state index in [-0.39, 0.29) is 6.61 Å². The fraction of sp³-hybridized carbons (Fsp3) is 0.125. The minimum Gasteiger partial charge on any atom is -0.444 e. The Morgan fingerprint density at radius 3 is 2.67 bits per heavy atom. The van der Waals surface area contributed by atoms with Crippen LogP contribution in [0.5, 0.6) is 0 Å². The van der Waals surface area contributed by atoms with E-state index >= 15 is 0 Å². The number of para-hydroxylation sites is 1. The maximum atomic E-state index is 12.3. The minimum atomic E-state index is -0.578. The van der Waals surface area contributed by atoms with Gasteiger partial charge in [0.05, 0.1) is 11.8 Å². The second kappa shape index (κ2) is 5.90. The molecule has 0 fully saturated rings. The van der Waals surface area contributed by atoms with Crippen LogP contribution in [0, 0.1) is 11.3 Å². The molecular weight excluding hydrogens is 284 g/mol. The van der Waals surface area contributed by atoms with Gasteiger partial charge in [0, 0.05) is 4.90 Å². The molecule has 0 N–H and O–H groups in total. The fourth-order valence-corrected chi connectivity index (χ4v) is 3.16. The molecule has 2 aromatic rings. The molecule has 0 bridgehead atoms. The van der Waals surface area contributed by atoms with Crippen molar-refractivity contribution < 1.29 is 9.53 Å². The summed E-state index contributed by atoms with van der Waals surface area (Å²) in [5.41, 5.74) is 1.65. The lowest BCUT2D eigenvalue weighted by atomic mass is 10.2. The van der Waals surface area contributed by atoms with Crippen molar-refractivity contribution in [2.45, 2.75) is 16.9 Å². The van der Waals surface area contributed by atoms with Crippen LogP contribution in [0.2, 0.25) is 0 Å². The summed E-state index contributed by atoms with van der Waals surface area (Å²) in [5.74, 6) is 0. The molecule has 5 heteroatoms. The molecule has 104 valence electrons. The average molecular weight is 296 g/mol. The Balaban J connectivity index is 1.76. The van der Waals surface area contributed by atoms with E-state index in [9.17, 15) is 10.1 Å². The molecule has 1 aliphatic heterocycles. The Morgan fingerprint density at radius 2 is 1.90 bits per heavy atom. The lowest BCUT2D eigenvalue weighted by Gasteiger charge is -2.19. The van der Waals surface area contributed by atoms with Gasteiger partial charge < -0.3 is 4.74 Å². The minimum absolute atomic E-state index is 0.196. The molecule has 0 saturated carbocycles. The summed E-state index contributed by atoms with van der Waals surface area (Å²) < 4.78 is 5.32. The maximum absolute atomic E-state index is 12.3. The SMILES string of the molecule is N#C[C@@H]1Sc2ccccc2N1C(=O)OCc1ccccc1. The van der Waals surface area contributed by atoms with Crippen molar-refractivity contribution in [3.63, 3.8) is 0 Å². The predicted octanol–water partition coefficient (Wildman–Crippen LogP) is 3.79. The van der Waals surface area contributed by atoms with Crippen molar-refractivity contribution >= 4 is 23.5 Å². The van der Waals surface area contributed by atoms with Gasteiger partial charge in [0.25, 0.3) is 0 Å². The van der Waals surface area contributed by atoms with Gasteiger partial charge in [0.1, 0.15) is 6.61 Å². The quantitative estimate of drug-likeness (QED) is 0.846. The molecule has 0 aliphatic carbocycles. The number of hydrogen-bond donors (Lipinski definition) is 0. The fourth-order valence-electron chi connectivity index (χ4n) is 2.12. The van der Waals surface area contributed by atoms with Gasteiger partial charge in [-0.3, -0.25) is 4.90 Å². The Labute approximate surface area is 126 Å². The Kier molecular flexibility index (Phi) is 3.80. The number of ether oxygens (including phenoxy) is 1. The number of carbonyl (C=O) groups excluding carboxylic acids is 1. The third-order valence-corrected chi connectivity index (χ3v) is 4.25. The number of carbonyl (C=O) groups is 1. The Bertz CT molecular complexity index is 697. The first-order valence-corrected chi connectivity index (χ1v) is 7.33. The lowest BCUT2D eigenvalue weighted by molar-refractivity contribution is 0.147. The summed E-state index contributed by atoms with van der Waals surface area (Å²) in [4.78, 5) is 14.6. The van der Waals surface area contributed by atoms with Crippen LogP contribution in [-0.2, 0) is 11.3 Å². The Hall–Kier alpha value is -2.45. The Morgan fingerprint density at radius 1 is 1.19 bits per heavy atom. The van der Waals surface area contributed by atoms with E-state index < -0.39 is 11.5 Å². The molecule has 4 nitrogen and oxygen atoms in total. The third-order valence-electron chi connectivity index (χ3n) is 3.11. The summed E-state index contributed by atoms with van der Waals surface area (Å²) in [6.07, 6.45) is -0.497. The molecule has 2 aromatic carbocycles. The molecular formula is C16H12N2O2S. The number of anilines is 1. The molecule has 0 saturated heterocycles. The first-order chi connectivity index (χ1) is 10.3. The summed E-state index contributed by atoms with van der Waals surface area (Å²) in [7, 11) is 0. The van der Waals surface area contributed by atoms with E-state index in [0.29, 0.717) is 0 Å². The second-order valence-electron chi connectivity index (χ2n) is 4.48. The van der Waals surface area contributed by atoms with Crippen LogP contribution in [-0.4, -0.2) is 11.5 Å². The number of rotatable bonds is 2.